The summed E-state index contributed by atoms with van der Waals surface area (Å²) in [6, 6.07) is 10.1. The van der Waals surface area contributed by atoms with E-state index in [4.69, 9.17) is 4.74 Å². The molecule has 0 heterocycles. The number of amides is 1. The van der Waals surface area contributed by atoms with Crippen molar-refractivity contribution >= 4 is 53.5 Å². The number of nitrogens with zero attached hydrogens (tertiary/aromatic N) is 1. The average Bonchev–Trinajstić information content (AvgIpc) is 2.73. The lowest BCUT2D eigenvalue weighted by Gasteiger charge is -2.30. The molecule has 0 aromatic heterocycles. The highest BCUT2D eigenvalue weighted by Gasteiger charge is 2.28. The third kappa shape index (κ3) is 6.09. The first-order chi connectivity index (χ1) is 14.7. The minimum Gasteiger partial charge on any atom is -0.482 e. The van der Waals surface area contributed by atoms with Crippen LogP contribution >= 0.6 is 31.9 Å². The van der Waals surface area contributed by atoms with Gasteiger partial charge in [-0.05, 0) is 77.7 Å². The normalized spacial score (nSPS) is 15.1. The van der Waals surface area contributed by atoms with Crippen LogP contribution in [0.1, 0.15) is 37.7 Å². The predicted octanol–water partition coefficient (Wildman–Crippen LogP) is 5.49. The first-order valence-corrected chi connectivity index (χ1v) is 13.2. The van der Waals surface area contributed by atoms with Crippen molar-refractivity contribution in [3.63, 3.8) is 0 Å². The largest absolute Gasteiger partial charge is 0.482 e. The minimum absolute atomic E-state index is 0.0525. The van der Waals surface area contributed by atoms with Crippen LogP contribution in [0.25, 0.3) is 0 Å². The Balaban J connectivity index is 1.60. The molecule has 2 aromatic rings. The summed E-state index contributed by atoms with van der Waals surface area (Å²) in [6.07, 6.45) is 5.10. The number of rotatable bonds is 7. The Morgan fingerprint density at radius 2 is 1.77 bits per heavy atom. The molecule has 0 bridgehead atoms. The van der Waals surface area contributed by atoms with Crippen LogP contribution < -0.4 is 10.1 Å². The minimum atomic E-state index is -3.56. The van der Waals surface area contributed by atoms with Gasteiger partial charge in [0.1, 0.15) is 5.75 Å². The maximum Gasteiger partial charge on any atom is 0.262 e. The third-order valence-electron chi connectivity index (χ3n) is 5.45. The van der Waals surface area contributed by atoms with Gasteiger partial charge in [0, 0.05) is 23.2 Å². The summed E-state index contributed by atoms with van der Waals surface area (Å²) < 4.78 is 34.7. The van der Waals surface area contributed by atoms with E-state index in [9.17, 15) is 13.2 Å². The van der Waals surface area contributed by atoms with E-state index in [2.05, 4.69) is 37.2 Å². The van der Waals surface area contributed by atoms with E-state index in [0.29, 0.717) is 11.4 Å². The number of ether oxygens (including phenoxy) is 1. The van der Waals surface area contributed by atoms with Gasteiger partial charge >= 0.3 is 0 Å². The zero-order valence-electron chi connectivity index (χ0n) is 17.5. The number of hydrogen-bond acceptors (Lipinski definition) is 4. The van der Waals surface area contributed by atoms with Gasteiger partial charge in [-0.2, -0.15) is 4.31 Å². The molecule has 6 nitrogen and oxygen atoms in total. The van der Waals surface area contributed by atoms with Gasteiger partial charge in [-0.1, -0.05) is 35.2 Å². The van der Waals surface area contributed by atoms with Gasteiger partial charge in [-0.3, -0.25) is 4.79 Å². The van der Waals surface area contributed by atoms with E-state index in [1.807, 2.05) is 19.1 Å². The van der Waals surface area contributed by atoms with Crippen molar-refractivity contribution in [2.24, 2.45) is 0 Å². The van der Waals surface area contributed by atoms with E-state index in [0.717, 1.165) is 40.2 Å². The van der Waals surface area contributed by atoms with Gasteiger partial charge < -0.3 is 10.1 Å². The molecule has 1 aliphatic carbocycles. The number of hydrogen-bond donors (Lipinski definition) is 1. The molecule has 0 spiro atoms. The second-order valence-corrected chi connectivity index (χ2v) is 11.5. The number of benzene rings is 2. The molecule has 168 valence electrons. The first kappa shape index (κ1) is 24.2. The van der Waals surface area contributed by atoms with Crippen LogP contribution in [-0.4, -0.2) is 38.3 Å². The van der Waals surface area contributed by atoms with Crippen LogP contribution in [-0.2, 0) is 14.8 Å². The smallest absolute Gasteiger partial charge is 0.262 e. The Kier molecular flexibility index (Phi) is 8.18. The van der Waals surface area contributed by atoms with Crippen molar-refractivity contribution < 1.29 is 17.9 Å². The lowest BCUT2D eigenvalue weighted by Crippen LogP contribution is -2.38. The maximum atomic E-state index is 12.9. The molecule has 3 rings (SSSR count). The van der Waals surface area contributed by atoms with Crippen molar-refractivity contribution in [1.82, 2.24) is 4.31 Å². The molecule has 1 aliphatic rings. The molecular formula is C22H26Br2N2O4S. The fourth-order valence-electron chi connectivity index (χ4n) is 3.72. The summed E-state index contributed by atoms with van der Waals surface area (Å²) in [7, 11) is -1.90. The van der Waals surface area contributed by atoms with Gasteiger partial charge in [0.2, 0.25) is 10.0 Å². The second-order valence-electron chi connectivity index (χ2n) is 7.71. The fraction of sp³-hybridized carbons (Fsp3) is 0.409. The molecule has 0 aliphatic heterocycles. The number of carbonyl (C=O) groups excluding carboxylic acids is 1. The molecule has 0 radical (unpaired) electrons. The van der Waals surface area contributed by atoms with Crippen LogP contribution in [0, 0.1) is 6.92 Å². The number of aryl methyl sites for hydroxylation is 1. The SMILES string of the molecule is Cc1cc(Br)cc(Br)c1OCC(=O)Nc1ccc(S(=O)(=O)N(C)C2CCCCC2)cc1. The monoisotopic (exact) mass is 572 g/mol. The lowest BCUT2D eigenvalue weighted by molar-refractivity contribution is -0.118. The van der Waals surface area contributed by atoms with Crippen molar-refractivity contribution in [2.45, 2.75) is 50.0 Å². The molecule has 1 N–H and O–H groups in total. The van der Waals surface area contributed by atoms with Gasteiger partial charge in [0.25, 0.3) is 5.91 Å². The van der Waals surface area contributed by atoms with Crippen molar-refractivity contribution in [1.29, 1.82) is 0 Å². The highest BCUT2D eigenvalue weighted by molar-refractivity contribution is 9.11. The molecule has 1 amide bonds. The zero-order chi connectivity index (χ0) is 22.6. The molecule has 1 saturated carbocycles. The van der Waals surface area contributed by atoms with Crippen LogP contribution in [0.5, 0.6) is 5.75 Å². The number of halogens is 2. The topological polar surface area (TPSA) is 75.7 Å². The summed E-state index contributed by atoms with van der Waals surface area (Å²) in [5.41, 5.74) is 1.41. The van der Waals surface area contributed by atoms with Crippen molar-refractivity contribution in [3.05, 3.63) is 50.9 Å². The quantitative estimate of drug-likeness (QED) is 0.475. The number of carbonyl (C=O) groups is 1. The maximum absolute atomic E-state index is 12.9. The summed E-state index contributed by atoms with van der Waals surface area (Å²) in [4.78, 5) is 12.5. The molecule has 1 fully saturated rings. The van der Waals surface area contributed by atoms with Crippen LogP contribution in [0.15, 0.2) is 50.2 Å². The predicted molar refractivity (Wildman–Crippen MR) is 129 cm³/mol. The fourth-order valence-corrected chi connectivity index (χ4v) is 6.69. The van der Waals surface area contributed by atoms with E-state index in [1.165, 1.54) is 22.9 Å². The van der Waals surface area contributed by atoms with Crippen molar-refractivity contribution in [2.75, 3.05) is 19.0 Å². The Labute approximate surface area is 200 Å². The van der Waals surface area contributed by atoms with Crippen LogP contribution in [0.4, 0.5) is 5.69 Å². The third-order valence-corrected chi connectivity index (χ3v) is 8.42. The Hall–Kier alpha value is -1.42. The van der Waals surface area contributed by atoms with Crippen molar-refractivity contribution in [3.8, 4) is 5.75 Å². The average molecular weight is 574 g/mol. The number of nitrogens with one attached hydrogen (secondary N) is 1. The molecule has 2 aromatic carbocycles. The van der Waals surface area contributed by atoms with Gasteiger partial charge in [0.05, 0.1) is 9.37 Å². The highest BCUT2D eigenvalue weighted by Crippen LogP contribution is 2.32. The number of sulfonamides is 1. The van der Waals surface area contributed by atoms with E-state index in [1.54, 1.807) is 19.2 Å². The molecule has 0 unspecified atom stereocenters. The summed E-state index contributed by atoms with van der Waals surface area (Å²) in [6.45, 7) is 1.73. The Morgan fingerprint density at radius 1 is 1.13 bits per heavy atom. The Morgan fingerprint density at radius 3 is 2.39 bits per heavy atom. The standard InChI is InChI=1S/C22H26Br2N2O4S/c1-15-12-16(23)13-20(24)22(15)30-14-21(27)25-17-8-10-19(11-9-17)31(28,29)26(2)18-6-4-3-5-7-18/h8-13,18H,3-7,14H2,1-2H3,(H,25,27). The summed E-state index contributed by atoms with van der Waals surface area (Å²) in [5.74, 6) is 0.273. The van der Waals surface area contributed by atoms with Crippen LogP contribution in [0.2, 0.25) is 0 Å². The number of anilines is 1. The van der Waals surface area contributed by atoms with Gasteiger partial charge in [-0.15, -0.1) is 0 Å². The van der Waals surface area contributed by atoms with E-state index >= 15 is 0 Å². The van der Waals surface area contributed by atoms with Crippen LogP contribution in [0.3, 0.4) is 0 Å². The second kappa shape index (κ2) is 10.5. The molecular weight excluding hydrogens is 548 g/mol. The Bertz CT molecular complexity index is 1010. The molecule has 0 saturated heterocycles. The van der Waals surface area contributed by atoms with E-state index in [-0.39, 0.29) is 23.5 Å². The zero-order valence-corrected chi connectivity index (χ0v) is 21.5. The highest BCUT2D eigenvalue weighted by atomic mass is 79.9. The van der Waals surface area contributed by atoms with Gasteiger partial charge in [-0.25, -0.2) is 8.42 Å². The first-order valence-electron chi connectivity index (χ1n) is 10.1. The molecule has 0 atom stereocenters. The van der Waals surface area contributed by atoms with Gasteiger partial charge in [0.15, 0.2) is 6.61 Å². The summed E-state index contributed by atoms with van der Waals surface area (Å²) in [5, 5.41) is 2.74. The van der Waals surface area contributed by atoms with E-state index < -0.39 is 10.0 Å². The molecule has 31 heavy (non-hydrogen) atoms. The lowest BCUT2D eigenvalue weighted by atomic mass is 9.96. The molecule has 9 heteroatoms. The summed E-state index contributed by atoms with van der Waals surface area (Å²) >= 11 is 6.85.